The van der Waals surface area contributed by atoms with Crippen LogP contribution in [0.15, 0.2) is 28.9 Å². The lowest BCUT2D eigenvalue weighted by Crippen LogP contribution is -2.19. The second-order valence-electron chi connectivity index (χ2n) is 3.50. The molecule has 0 unspecified atom stereocenters. The summed E-state index contributed by atoms with van der Waals surface area (Å²) < 4.78 is 41.3. The Hall–Kier alpha value is -1.01. The molecule has 2 aromatic rings. The molecule has 1 heterocycles. The monoisotopic (exact) mass is 339 g/mol. The van der Waals surface area contributed by atoms with Crippen LogP contribution in [0.25, 0.3) is 10.9 Å². The molecule has 1 aromatic heterocycles. The standard InChI is InChI=1S/C11H6BrClF3NO/c12-8-4-17-9-2-1-6(3-7(9)10(8)13)18-5-11(14,15)16/h1-4H,5H2. The summed E-state index contributed by atoms with van der Waals surface area (Å²) in [5.41, 5.74) is 0.586. The summed E-state index contributed by atoms with van der Waals surface area (Å²) in [7, 11) is 0. The van der Waals surface area contributed by atoms with Crippen molar-refractivity contribution in [3.63, 3.8) is 0 Å². The van der Waals surface area contributed by atoms with Crippen LogP contribution in [0.3, 0.4) is 0 Å². The SMILES string of the molecule is FC(F)(F)COc1ccc2ncc(Br)c(Cl)c2c1. The first kappa shape index (κ1) is 13.4. The van der Waals surface area contributed by atoms with Crippen molar-refractivity contribution in [1.29, 1.82) is 0 Å². The zero-order chi connectivity index (χ0) is 13.3. The molecule has 0 fully saturated rings. The number of rotatable bonds is 2. The summed E-state index contributed by atoms with van der Waals surface area (Å²) in [4.78, 5) is 4.08. The van der Waals surface area contributed by atoms with Gasteiger partial charge in [-0.05, 0) is 34.1 Å². The van der Waals surface area contributed by atoms with Gasteiger partial charge >= 0.3 is 6.18 Å². The van der Waals surface area contributed by atoms with E-state index in [9.17, 15) is 13.2 Å². The molecule has 2 nitrogen and oxygen atoms in total. The number of pyridine rings is 1. The highest BCUT2D eigenvalue weighted by Crippen LogP contribution is 2.32. The highest BCUT2D eigenvalue weighted by atomic mass is 79.9. The number of hydrogen-bond acceptors (Lipinski definition) is 2. The van der Waals surface area contributed by atoms with Crippen LogP contribution < -0.4 is 4.74 Å². The van der Waals surface area contributed by atoms with E-state index in [2.05, 4.69) is 25.7 Å². The van der Waals surface area contributed by atoms with Gasteiger partial charge in [0, 0.05) is 11.6 Å². The number of fused-ring (bicyclic) bond motifs is 1. The number of nitrogens with zero attached hydrogens (tertiary/aromatic N) is 1. The Morgan fingerprint density at radius 2 is 2.06 bits per heavy atom. The van der Waals surface area contributed by atoms with E-state index in [1.807, 2.05) is 0 Å². The summed E-state index contributed by atoms with van der Waals surface area (Å²) >= 11 is 9.22. The first-order valence-corrected chi connectivity index (χ1v) is 5.97. The van der Waals surface area contributed by atoms with Gasteiger partial charge in [0.05, 0.1) is 15.0 Å². The van der Waals surface area contributed by atoms with Gasteiger partial charge in [-0.25, -0.2) is 0 Å². The Morgan fingerprint density at radius 1 is 1.33 bits per heavy atom. The van der Waals surface area contributed by atoms with Crippen LogP contribution in [0.2, 0.25) is 5.02 Å². The Balaban J connectivity index is 2.35. The highest BCUT2D eigenvalue weighted by molar-refractivity contribution is 9.10. The predicted octanol–water partition coefficient (Wildman–Crippen LogP) is 4.59. The van der Waals surface area contributed by atoms with Crippen LogP contribution in [-0.2, 0) is 0 Å². The zero-order valence-electron chi connectivity index (χ0n) is 8.76. The van der Waals surface area contributed by atoms with Gasteiger partial charge in [0.2, 0.25) is 0 Å². The summed E-state index contributed by atoms with van der Waals surface area (Å²) in [6.07, 6.45) is -2.84. The maximum Gasteiger partial charge on any atom is 0.422 e. The number of ether oxygens (including phenoxy) is 1. The average Bonchev–Trinajstić information content (AvgIpc) is 2.31. The quantitative estimate of drug-likeness (QED) is 0.797. The van der Waals surface area contributed by atoms with Crippen molar-refractivity contribution in [2.75, 3.05) is 6.61 Å². The smallest absolute Gasteiger partial charge is 0.422 e. The minimum absolute atomic E-state index is 0.0987. The van der Waals surface area contributed by atoms with Crippen molar-refractivity contribution in [1.82, 2.24) is 4.98 Å². The third-order valence-electron chi connectivity index (χ3n) is 2.13. The molecule has 1 aromatic carbocycles. The first-order valence-electron chi connectivity index (χ1n) is 4.80. The third kappa shape index (κ3) is 3.05. The lowest BCUT2D eigenvalue weighted by molar-refractivity contribution is -0.153. The number of aromatic nitrogens is 1. The molecule has 0 saturated carbocycles. The van der Waals surface area contributed by atoms with Crippen LogP contribution >= 0.6 is 27.5 Å². The van der Waals surface area contributed by atoms with E-state index in [1.165, 1.54) is 18.3 Å². The second kappa shape index (κ2) is 4.93. The van der Waals surface area contributed by atoms with Crippen LogP contribution in [0.1, 0.15) is 0 Å². The molecule has 0 aliphatic heterocycles. The van der Waals surface area contributed by atoms with Crippen molar-refractivity contribution in [3.8, 4) is 5.75 Å². The molecule has 0 atom stereocenters. The van der Waals surface area contributed by atoms with Gasteiger partial charge in [-0.1, -0.05) is 11.6 Å². The normalized spacial score (nSPS) is 11.8. The van der Waals surface area contributed by atoms with E-state index < -0.39 is 12.8 Å². The Labute approximate surface area is 114 Å². The van der Waals surface area contributed by atoms with Crippen LogP contribution in [0, 0.1) is 0 Å². The third-order valence-corrected chi connectivity index (χ3v) is 3.37. The summed E-state index contributed by atoms with van der Waals surface area (Å²) in [6, 6.07) is 4.41. The van der Waals surface area contributed by atoms with Crippen molar-refractivity contribution in [3.05, 3.63) is 33.9 Å². The fourth-order valence-electron chi connectivity index (χ4n) is 1.37. The predicted molar refractivity (Wildman–Crippen MR) is 66.0 cm³/mol. The zero-order valence-corrected chi connectivity index (χ0v) is 11.1. The van der Waals surface area contributed by atoms with E-state index >= 15 is 0 Å². The van der Waals surface area contributed by atoms with Crippen LogP contribution in [0.4, 0.5) is 13.2 Å². The molecule has 0 aliphatic rings. The van der Waals surface area contributed by atoms with Crippen molar-refractivity contribution in [2.24, 2.45) is 0 Å². The fourth-order valence-corrected chi connectivity index (χ4v) is 1.89. The molecule has 18 heavy (non-hydrogen) atoms. The molecule has 0 spiro atoms. The first-order chi connectivity index (χ1) is 8.37. The van der Waals surface area contributed by atoms with Crippen molar-refractivity contribution >= 4 is 38.4 Å². The van der Waals surface area contributed by atoms with Gasteiger partial charge in [0.1, 0.15) is 5.75 Å². The van der Waals surface area contributed by atoms with Crippen LogP contribution in [-0.4, -0.2) is 17.8 Å². The van der Waals surface area contributed by atoms with Gasteiger partial charge in [0.15, 0.2) is 6.61 Å². The lowest BCUT2D eigenvalue weighted by atomic mass is 10.2. The van der Waals surface area contributed by atoms with Gasteiger partial charge in [-0.3, -0.25) is 4.98 Å². The van der Waals surface area contributed by atoms with E-state index in [0.29, 0.717) is 20.4 Å². The maximum atomic E-state index is 12.0. The molecule has 0 aliphatic carbocycles. The Kier molecular flexibility index (Phi) is 3.68. The molecule has 0 bridgehead atoms. The summed E-state index contributed by atoms with van der Waals surface area (Å²) in [5, 5.41) is 0.920. The van der Waals surface area contributed by atoms with Gasteiger partial charge in [-0.2, -0.15) is 13.2 Å². The number of hydrogen-bond donors (Lipinski definition) is 0. The molecule has 0 N–H and O–H groups in total. The molecular formula is C11H6BrClF3NO. The molecule has 7 heteroatoms. The lowest BCUT2D eigenvalue weighted by Gasteiger charge is -2.10. The number of alkyl halides is 3. The fraction of sp³-hybridized carbons (Fsp3) is 0.182. The van der Waals surface area contributed by atoms with E-state index in [1.54, 1.807) is 6.07 Å². The van der Waals surface area contributed by atoms with Crippen molar-refractivity contribution < 1.29 is 17.9 Å². The topological polar surface area (TPSA) is 22.1 Å². The summed E-state index contributed by atoms with van der Waals surface area (Å²) in [6.45, 7) is -1.34. The maximum absolute atomic E-state index is 12.0. The van der Waals surface area contributed by atoms with Crippen LogP contribution in [0.5, 0.6) is 5.75 Å². The minimum atomic E-state index is -4.37. The molecule has 96 valence electrons. The average molecular weight is 341 g/mol. The van der Waals surface area contributed by atoms with Crippen molar-refractivity contribution in [2.45, 2.75) is 6.18 Å². The minimum Gasteiger partial charge on any atom is -0.484 e. The Morgan fingerprint density at radius 3 is 2.72 bits per heavy atom. The molecule has 0 radical (unpaired) electrons. The highest BCUT2D eigenvalue weighted by Gasteiger charge is 2.28. The van der Waals surface area contributed by atoms with E-state index in [0.717, 1.165) is 0 Å². The molecule has 2 rings (SSSR count). The number of benzene rings is 1. The molecular weight excluding hydrogens is 334 g/mol. The summed E-state index contributed by atoms with van der Waals surface area (Å²) in [5.74, 6) is 0.0987. The van der Waals surface area contributed by atoms with E-state index in [4.69, 9.17) is 11.6 Å². The van der Waals surface area contributed by atoms with Gasteiger partial charge in [-0.15, -0.1) is 0 Å². The van der Waals surface area contributed by atoms with Gasteiger partial charge in [0.25, 0.3) is 0 Å². The Bertz CT molecular complexity index is 588. The van der Waals surface area contributed by atoms with E-state index in [-0.39, 0.29) is 5.75 Å². The largest absolute Gasteiger partial charge is 0.484 e. The molecule has 0 saturated heterocycles. The molecule has 0 amide bonds. The number of halogens is 5. The second-order valence-corrected chi connectivity index (χ2v) is 4.74. The van der Waals surface area contributed by atoms with Gasteiger partial charge < -0.3 is 4.74 Å².